The van der Waals surface area contributed by atoms with E-state index in [0.717, 1.165) is 0 Å². The minimum Gasteiger partial charge on any atom is -0.456 e. The van der Waals surface area contributed by atoms with Gasteiger partial charge in [0, 0.05) is 29.6 Å². The Bertz CT molecular complexity index is 793. The van der Waals surface area contributed by atoms with Crippen LogP contribution in [0.5, 0.6) is 0 Å². The smallest absolute Gasteiger partial charge is 0.306 e. The molecule has 0 radical (unpaired) electrons. The average molecular weight is 403 g/mol. The molecule has 1 heterocycles. The lowest BCUT2D eigenvalue weighted by molar-refractivity contribution is -0.147. The van der Waals surface area contributed by atoms with Gasteiger partial charge in [-0.05, 0) is 41.0 Å². The van der Waals surface area contributed by atoms with E-state index >= 15 is 0 Å². The number of carbonyl (C=O) groups excluding carboxylic acids is 3. The number of esters is 1. The first kappa shape index (κ1) is 21.6. The third kappa shape index (κ3) is 7.15. The lowest BCUT2D eigenvalue weighted by Crippen LogP contribution is -2.25. The normalized spacial score (nSPS) is 11.0. The van der Waals surface area contributed by atoms with E-state index in [0.29, 0.717) is 24.2 Å². The molecule has 0 aliphatic carbocycles. The molecule has 150 valence electrons. The van der Waals surface area contributed by atoms with Gasteiger partial charge in [-0.3, -0.25) is 14.4 Å². The summed E-state index contributed by atoms with van der Waals surface area (Å²) in [4.78, 5) is 35.4. The van der Waals surface area contributed by atoms with Gasteiger partial charge in [0.15, 0.2) is 6.61 Å². The summed E-state index contributed by atoms with van der Waals surface area (Å²) >= 11 is 1.45. The lowest BCUT2D eigenvalue weighted by atomic mass is 9.87. The highest BCUT2D eigenvalue weighted by molar-refractivity contribution is 7.08. The number of amides is 2. The fraction of sp³-hybridized carbons (Fsp3) is 0.381. The molecule has 0 atom stereocenters. The molecule has 1 aromatic carbocycles. The van der Waals surface area contributed by atoms with Crippen LogP contribution in [0.25, 0.3) is 0 Å². The van der Waals surface area contributed by atoms with Crippen molar-refractivity contribution in [2.24, 2.45) is 0 Å². The first-order chi connectivity index (χ1) is 13.3. The zero-order valence-electron chi connectivity index (χ0n) is 16.4. The Morgan fingerprint density at radius 2 is 1.79 bits per heavy atom. The van der Waals surface area contributed by atoms with Gasteiger partial charge in [-0.1, -0.05) is 32.9 Å². The van der Waals surface area contributed by atoms with Crippen LogP contribution in [-0.4, -0.2) is 30.9 Å². The summed E-state index contributed by atoms with van der Waals surface area (Å²) in [5.41, 5.74) is 2.48. The summed E-state index contributed by atoms with van der Waals surface area (Å²) in [6.07, 6.45) is 0.585. The Labute approximate surface area is 169 Å². The molecule has 0 bridgehead atoms. The third-order valence-corrected chi connectivity index (χ3v) is 4.71. The minimum atomic E-state index is -0.469. The molecule has 1 aromatic heterocycles. The largest absolute Gasteiger partial charge is 0.456 e. The van der Waals surface area contributed by atoms with Crippen LogP contribution < -0.4 is 10.6 Å². The van der Waals surface area contributed by atoms with E-state index in [2.05, 4.69) is 31.4 Å². The van der Waals surface area contributed by atoms with Crippen LogP contribution in [0.2, 0.25) is 0 Å². The zero-order valence-corrected chi connectivity index (χ0v) is 17.2. The Morgan fingerprint density at radius 1 is 1.07 bits per heavy atom. The highest BCUT2D eigenvalue weighted by Crippen LogP contribution is 2.23. The summed E-state index contributed by atoms with van der Waals surface area (Å²) in [5.74, 6) is -1.02. The number of carbonyl (C=O) groups is 3. The molecule has 0 unspecified atom stereocenters. The van der Waals surface area contributed by atoms with Gasteiger partial charge in [0.1, 0.15) is 0 Å². The fourth-order valence-corrected chi connectivity index (χ4v) is 3.04. The van der Waals surface area contributed by atoms with Gasteiger partial charge in [0.25, 0.3) is 11.8 Å². The molecule has 2 aromatic rings. The van der Waals surface area contributed by atoms with Gasteiger partial charge >= 0.3 is 5.97 Å². The molecule has 0 saturated carbocycles. The molecule has 2 rings (SSSR count). The summed E-state index contributed by atoms with van der Waals surface area (Å²) < 4.78 is 4.97. The van der Waals surface area contributed by atoms with Crippen LogP contribution >= 0.6 is 11.3 Å². The molecule has 2 N–H and O–H groups in total. The lowest BCUT2D eigenvalue weighted by Gasteiger charge is -2.19. The van der Waals surface area contributed by atoms with Crippen LogP contribution in [0.15, 0.2) is 41.1 Å². The van der Waals surface area contributed by atoms with Gasteiger partial charge in [-0.15, -0.1) is 0 Å². The van der Waals surface area contributed by atoms with Crippen LogP contribution in [0.1, 0.15) is 49.5 Å². The van der Waals surface area contributed by atoms with Gasteiger partial charge in [0.2, 0.25) is 0 Å². The van der Waals surface area contributed by atoms with Crippen molar-refractivity contribution in [3.63, 3.8) is 0 Å². The van der Waals surface area contributed by atoms with Crippen molar-refractivity contribution in [2.45, 2.75) is 39.0 Å². The fourth-order valence-electron chi connectivity index (χ4n) is 2.40. The van der Waals surface area contributed by atoms with Crippen LogP contribution in [-0.2, 0) is 19.7 Å². The van der Waals surface area contributed by atoms with Crippen molar-refractivity contribution in [1.29, 1.82) is 0 Å². The molecule has 6 nitrogen and oxygen atoms in total. The second-order valence-corrected chi connectivity index (χ2v) is 8.19. The molecule has 28 heavy (non-hydrogen) atoms. The number of rotatable bonds is 8. The number of hydrogen-bond acceptors (Lipinski definition) is 5. The summed E-state index contributed by atoms with van der Waals surface area (Å²) in [5, 5.41) is 9.03. The van der Waals surface area contributed by atoms with Crippen LogP contribution in [0.3, 0.4) is 0 Å². The molecular formula is C21H26N2O4S. The van der Waals surface area contributed by atoms with E-state index < -0.39 is 5.97 Å². The monoisotopic (exact) mass is 402 g/mol. The molecule has 0 saturated heterocycles. The van der Waals surface area contributed by atoms with Gasteiger partial charge in [-0.2, -0.15) is 11.3 Å². The maximum atomic E-state index is 11.9. The molecule has 0 fully saturated rings. The standard InChI is InChI=1S/C21H26N2O4S/c1-21(2,3)16-6-8-17(9-7-16)23-18(24)13-27-19(25)5-4-11-22-20(26)15-10-12-28-14-15/h6-10,12,14H,4-5,11,13H2,1-3H3,(H,22,26)(H,23,24). The first-order valence-electron chi connectivity index (χ1n) is 9.12. The third-order valence-electron chi connectivity index (χ3n) is 4.03. The van der Waals surface area contributed by atoms with Gasteiger partial charge in [0.05, 0.1) is 0 Å². The van der Waals surface area contributed by atoms with E-state index in [-0.39, 0.29) is 30.3 Å². The van der Waals surface area contributed by atoms with E-state index in [1.54, 1.807) is 11.4 Å². The Hall–Kier alpha value is -2.67. The Morgan fingerprint density at radius 3 is 2.39 bits per heavy atom. The van der Waals surface area contributed by atoms with Crippen molar-refractivity contribution in [3.05, 3.63) is 52.2 Å². The van der Waals surface area contributed by atoms with E-state index in [1.807, 2.05) is 29.6 Å². The Balaban J connectivity index is 1.62. The second kappa shape index (κ2) is 10.0. The van der Waals surface area contributed by atoms with E-state index in [9.17, 15) is 14.4 Å². The van der Waals surface area contributed by atoms with Crippen molar-refractivity contribution in [1.82, 2.24) is 5.32 Å². The number of ether oxygens (including phenoxy) is 1. The number of thiophene rings is 1. The van der Waals surface area contributed by atoms with Crippen LogP contribution in [0, 0.1) is 0 Å². The second-order valence-electron chi connectivity index (χ2n) is 7.41. The highest BCUT2D eigenvalue weighted by atomic mass is 32.1. The maximum Gasteiger partial charge on any atom is 0.306 e. The molecule has 2 amide bonds. The number of benzene rings is 1. The first-order valence-corrected chi connectivity index (χ1v) is 10.1. The number of nitrogens with one attached hydrogen (secondary N) is 2. The predicted octanol–water partition coefficient (Wildman–Crippen LogP) is 3.74. The predicted molar refractivity (Wildman–Crippen MR) is 111 cm³/mol. The summed E-state index contributed by atoms with van der Waals surface area (Å²) in [7, 11) is 0. The van der Waals surface area contributed by atoms with Crippen molar-refractivity contribution < 1.29 is 19.1 Å². The van der Waals surface area contributed by atoms with Crippen LogP contribution in [0.4, 0.5) is 5.69 Å². The number of hydrogen-bond donors (Lipinski definition) is 2. The minimum absolute atomic E-state index is 0.0429. The zero-order chi connectivity index (χ0) is 20.6. The Kier molecular flexibility index (Phi) is 7.75. The van der Waals surface area contributed by atoms with Crippen molar-refractivity contribution >= 4 is 34.8 Å². The summed E-state index contributed by atoms with van der Waals surface area (Å²) in [6.45, 7) is 6.39. The topological polar surface area (TPSA) is 84.5 Å². The molecule has 0 aliphatic rings. The molecular weight excluding hydrogens is 376 g/mol. The van der Waals surface area contributed by atoms with Gasteiger partial charge < -0.3 is 15.4 Å². The summed E-state index contributed by atoms with van der Waals surface area (Å²) in [6, 6.07) is 9.33. The molecule has 7 heteroatoms. The highest BCUT2D eigenvalue weighted by Gasteiger charge is 2.13. The SMILES string of the molecule is CC(C)(C)c1ccc(NC(=O)COC(=O)CCCNC(=O)c2ccsc2)cc1. The van der Waals surface area contributed by atoms with E-state index in [4.69, 9.17) is 4.74 Å². The van der Waals surface area contributed by atoms with Gasteiger partial charge in [-0.25, -0.2) is 0 Å². The average Bonchev–Trinajstić information content (AvgIpc) is 3.18. The maximum absolute atomic E-state index is 11.9. The molecule has 0 spiro atoms. The molecule has 0 aliphatic heterocycles. The quantitative estimate of drug-likeness (QED) is 0.520. The van der Waals surface area contributed by atoms with Crippen molar-refractivity contribution in [3.8, 4) is 0 Å². The van der Waals surface area contributed by atoms with E-state index in [1.165, 1.54) is 16.9 Å². The van der Waals surface area contributed by atoms with Crippen molar-refractivity contribution in [2.75, 3.05) is 18.5 Å². The number of anilines is 1.